The summed E-state index contributed by atoms with van der Waals surface area (Å²) in [5.74, 6) is 10.9. The highest BCUT2D eigenvalue weighted by Crippen LogP contribution is 2.16. The maximum Gasteiger partial charge on any atom is 0.335 e. The third-order valence-electron chi connectivity index (χ3n) is 2.67. The summed E-state index contributed by atoms with van der Waals surface area (Å²) >= 11 is 1.40. The number of aliphatic hydroxyl groups is 1. The number of nitrogens with one attached hydrogen (secondary N) is 1. The number of rotatable bonds is 4. The van der Waals surface area contributed by atoms with Gasteiger partial charge in [0.05, 0.1) is 11.3 Å². The summed E-state index contributed by atoms with van der Waals surface area (Å²) in [5.41, 5.74) is 0.830. The fourth-order valence-electron chi connectivity index (χ4n) is 1.17. The van der Waals surface area contributed by atoms with Crippen molar-refractivity contribution >= 4 is 28.6 Å². The second kappa shape index (κ2) is 28.1. The van der Waals surface area contributed by atoms with Gasteiger partial charge in [-0.1, -0.05) is 51.6 Å². The molecule has 0 bridgehead atoms. The van der Waals surface area contributed by atoms with Crippen molar-refractivity contribution in [2.75, 3.05) is 31.5 Å². The van der Waals surface area contributed by atoms with Crippen LogP contribution in [0, 0.1) is 0 Å². The normalized spacial score (nSPS) is 9.38. The largest absolute Gasteiger partial charge is 0.478 e. The maximum absolute atomic E-state index is 10.7. The number of amidine groups is 1. The van der Waals surface area contributed by atoms with Crippen LogP contribution in [0.1, 0.15) is 51.9 Å². The predicted octanol–water partition coefficient (Wildman–Crippen LogP) is 3.49. The molecule has 0 amide bonds. The monoisotopic (exact) mass is 431 g/mol. The first-order chi connectivity index (χ1) is 13.9. The van der Waals surface area contributed by atoms with Crippen molar-refractivity contribution in [3.05, 3.63) is 42.0 Å². The molecule has 0 aliphatic heterocycles. The Balaban J connectivity index is -0.000000216. The number of carboxylic acids is 1. The minimum atomic E-state index is -0.976. The number of hydrazone groups is 1. The van der Waals surface area contributed by atoms with E-state index in [1.165, 1.54) is 28.9 Å². The SMILES string of the molecule is CC.CC=CC.CCNC.CCS/C(=N/N)N(N)c1ccc(C(=O)O)cc1.CO. The quantitative estimate of drug-likeness (QED) is 0.161. The van der Waals surface area contributed by atoms with Gasteiger partial charge >= 0.3 is 5.97 Å². The zero-order chi connectivity index (χ0) is 23.7. The minimum absolute atomic E-state index is 0.205. The zero-order valence-electron chi connectivity index (χ0n) is 19.1. The number of carboxylic acid groups (broad SMARTS) is 1. The molecular formula is C20H41N5O3S. The molecule has 0 aromatic heterocycles. The van der Waals surface area contributed by atoms with E-state index in [4.69, 9.17) is 21.9 Å². The van der Waals surface area contributed by atoms with Crippen LogP contribution in [0.2, 0.25) is 0 Å². The molecule has 0 atom stereocenters. The molecule has 0 aliphatic rings. The van der Waals surface area contributed by atoms with Crippen molar-refractivity contribution < 1.29 is 15.0 Å². The molecule has 9 heteroatoms. The summed E-state index contributed by atoms with van der Waals surface area (Å²) < 4.78 is 0. The number of hydrogen-bond donors (Lipinski definition) is 5. The first-order valence-corrected chi connectivity index (χ1v) is 10.4. The Bertz CT molecular complexity index is 517. The highest BCUT2D eigenvalue weighted by molar-refractivity contribution is 8.14. The van der Waals surface area contributed by atoms with Crippen molar-refractivity contribution in [2.24, 2.45) is 16.8 Å². The van der Waals surface area contributed by atoms with Crippen LogP contribution < -0.4 is 22.0 Å². The summed E-state index contributed by atoms with van der Waals surface area (Å²) in [6.07, 6.45) is 4.00. The second-order valence-electron chi connectivity index (χ2n) is 4.44. The summed E-state index contributed by atoms with van der Waals surface area (Å²) in [6.45, 7) is 13.1. The molecule has 0 spiro atoms. The predicted molar refractivity (Wildman–Crippen MR) is 129 cm³/mol. The number of benzene rings is 1. The van der Waals surface area contributed by atoms with Crippen molar-refractivity contribution in [1.82, 2.24) is 5.32 Å². The summed E-state index contributed by atoms with van der Waals surface area (Å²) in [7, 11) is 2.93. The van der Waals surface area contributed by atoms with Gasteiger partial charge in [0, 0.05) is 7.11 Å². The number of carbonyl (C=O) groups is 1. The van der Waals surface area contributed by atoms with E-state index in [2.05, 4.69) is 17.3 Å². The fourth-order valence-corrected chi connectivity index (χ4v) is 1.75. The number of thioether (sulfide) groups is 1. The standard InChI is InChI=1S/C10H14N4O2S.C4H8.C3H9N.C2H6.CH4O/c1-2-17-10(13-11)14(12)8-5-3-7(4-6-8)9(15)16;2*1-3-4-2;2*1-2/h3-6H,2,11-12H2,1H3,(H,15,16);3-4H,1-2H3;4H,3H2,1-2H3;1-2H3;2H,1H3/b13-10+;;;;. The molecule has 1 aromatic carbocycles. The zero-order valence-corrected chi connectivity index (χ0v) is 20.0. The Labute approximate surface area is 181 Å². The van der Waals surface area contributed by atoms with E-state index in [0.29, 0.717) is 10.9 Å². The average Bonchev–Trinajstić information content (AvgIpc) is 2.80. The van der Waals surface area contributed by atoms with Crippen molar-refractivity contribution in [3.8, 4) is 0 Å². The third-order valence-corrected chi connectivity index (χ3v) is 3.52. The number of nitrogens with two attached hydrogens (primary N) is 2. The molecule has 29 heavy (non-hydrogen) atoms. The number of hydrogen-bond acceptors (Lipinski definition) is 7. The first-order valence-electron chi connectivity index (χ1n) is 9.38. The van der Waals surface area contributed by atoms with Crippen LogP contribution in [-0.4, -0.2) is 47.8 Å². The molecule has 1 aromatic rings. The minimum Gasteiger partial charge on any atom is -0.478 e. The lowest BCUT2D eigenvalue weighted by molar-refractivity contribution is 0.0697. The number of allylic oxidation sites excluding steroid dienone is 2. The van der Waals surface area contributed by atoms with Gasteiger partial charge in [0.2, 0.25) is 5.17 Å². The molecule has 8 nitrogen and oxygen atoms in total. The molecule has 0 heterocycles. The van der Waals surface area contributed by atoms with Crippen LogP contribution in [0.5, 0.6) is 0 Å². The van der Waals surface area contributed by atoms with Gasteiger partial charge in [0.15, 0.2) is 0 Å². The lowest BCUT2D eigenvalue weighted by atomic mass is 10.2. The van der Waals surface area contributed by atoms with Crippen LogP contribution in [0.4, 0.5) is 5.69 Å². The van der Waals surface area contributed by atoms with E-state index in [1.807, 2.05) is 53.8 Å². The van der Waals surface area contributed by atoms with Gasteiger partial charge in [0.25, 0.3) is 0 Å². The van der Waals surface area contributed by atoms with E-state index < -0.39 is 5.97 Å². The topological polar surface area (TPSA) is 137 Å². The summed E-state index contributed by atoms with van der Waals surface area (Å²) in [4.78, 5) is 10.7. The molecule has 0 saturated carbocycles. The molecule has 0 saturated heterocycles. The molecule has 7 N–H and O–H groups in total. The lowest BCUT2D eigenvalue weighted by Gasteiger charge is -2.18. The Hall–Kier alpha value is -2.07. The van der Waals surface area contributed by atoms with E-state index in [-0.39, 0.29) is 5.56 Å². The molecule has 1 rings (SSSR count). The smallest absolute Gasteiger partial charge is 0.335 e. The van der Waals surface area contributed by atoms with Crippen LogP contribution in [0.3, 0.4) is 0 Å². The molecule has 0 aliphatic carbocycles. The maximum atomic E-state index is 10.7. The van der Waals surface area contributed by atoms with Gasteiger partial charge in [-0.2, -0.15) is 5.10 Å². The van der Waals surface area contributed by atoms with Crippen molar-refractivity contribution in [1.29, 1.82) is 0 Å². The molecular weight excluding hydrogens is 390 g/mol. The van der Waals surface area contributed by atoms with E-state index in [0.717, 1.165) is 19.4 Å². The molecule has 0 fully saturated rings. The Kier molecular flexibility index (Phi) is 33.4. The number of nitrogens with zero attached hydrogens (tertiary/aromatic N) is 2. The summed E-state index contributed by atoms with van der Waals surface area (Å²) in [6, 6.07) is 6.15. The van der Waals surface area contributed by atoms with E-state index in [9.17, 15) is 4.79 Å². The van der Waals surface area contributed by atoms with Gasteiger partial charge < -0.3 is 21.4 Å². The number of aromatic carboxylic acids is 1. The lowest BCUT2D eigenvalue weighted by Crippen LogP contribution is -2.36. The van der Waals surface area contributed by atoms with Gasteiger partial charge in [-0.15, -0.1) is 0 Å². The molecule has 0 radical (unpaired) electrons. The van der Waals surface area contributed by atoms with Crippen LogP contribution in [-0.2, 0) is 0 Å². The Morgan fingerprint density at radius 2 is 1.59 bits per heavy atom. The fraction of sp³-hybridized carbons (Fsp3) is 0.500. The Morgan fingerprint density at radius 3 is 1.83 bits per heavy atom. The average molecular weight is 432 g/mol. The van der Waals surface area contributed by atoms with Crippen molar-refractivity contribution in [3.63, 3.8) is 0 Å². The Morgan fingerprint density at radius 1 is 1.17 bits per heavy atom. The second-order valence-corrected chi connectivity index (χ2v) is 5.67. The summed E-state index contributed by atoms with van der Waals surface area (Å²) in [5, 5.41) is 24.1. The van der Waals surface area contributed by atoms with E-state index in [1.54, 1.807) is 12.1 Å². The van der Waals surface area contributed by atoms with Crippen LogP contribution >= 0.6 is 11.8 Å². The van der Waals surface area contributed by atoms with Crippen LogP contribution in [0.15, 0.2) is 41.5 Å². The van der Waals surface area contributed by atoms with Crippen molar-refractivity contribution in [2.45, 2.75) is 41.5 Å². The third kappa shape index (κ3) is 20.5. The molecule has 0 unspecified atom stereocenters. The van der Waals surface area contributed by atoms with Gasteiger partial charge in [-0.25, -0.2) is 10.6 Å². The first kappa shape index (κ1) is 34.4. The number of hydrazine groups is 1. The highest BCUT2D eigenvalue weighted by atomic mass is 32.2. The van der Waals surface area contributed by atoms with Gasteiger partial charge in [-0.05, 0) is 57.5 Å². The van der Waals surface area contributed by atoms with Gasteiger partial charge in [-0.3, -0.25) is 5.01 Å². The van der Waals surface area contributed by atoms with Crippen LogP contribution in [0.25, 0.3) is 0 Å². The van der Waals surface area contributed by atoms with Gasteiger partial charge in [0.1, 0.15) is 0 Å². The van der Waals surface area contributed by atoms with E-state index >= 15 is 0 Å². The molecule has 170 valence electrons. The number of anilines is 1. The number of aliphatic hydroxyl groups excluding tert-OH is 1. The highest BCUT2D eigenvalue weighted by Gasteiger charge is 2.10.